The number of azo groups is 1. The highest BCUT2D eigenvalue weighted by Crippen LogP contribution is 2.31. The van der Waals surface area contributed by atoms with Crippen molar-refractivity contribution in [2.24, 2.45) is 10.2 Å². The third-order valence-corrected chi connectivity index (χ3v) is 8.85. The van der Waals surface area contributed by atoms with E-state index in [1.165, 1.54) is 6.92 Å². The van der Waals surface area contributed by atoms with Crippen molar-refractivity contribution in [2.45, 2.75) is 89.7 Å². The van der Waals surface area contributed by atoms with Crippen LogP contribution in [0.4, 0.5) is 11.4 Å². The number of carbonyl (C=O) groups excluding carboxylic acids is 3. The first kappa shape index (κ1) is 44.3. The van der Waals surface area contributed by atoms with E-state index in [0.29, 0.717) is 29.8 Å². The van der Waals surface area contributed by atoms with Crippen molar-refractivity contribution in [1.82, 2.24) is 16.0 Å². The molecule has 0 aliphatic carbocycles. The molecule has 4 rings (SSSR count). The normalized spacial score (nSPS) is 20.6. The molecule has 0 bridgehead atoms. The molecule has 0 saturated carbocycles. The van der Waals surface area contributed by atoms with Crippen LogP contribution in [-0.4, -0.2) is 126 Å². The van der Waals surface area contributed by atoms with Gasteiger partial charge in [0.05, 0.1) is 51.4 Å². The number of rotatable bonds is 20. The molecule has 0 spiro atoms. The minimum absolute atomic E-state index is 0.0227. The minimum Gasteiger partial charge on any atom is -0.506 e. The van der Waals surface area contributed by atoms with E-state index < -0.39 is 43.2 Å². The SMILES string of the molecule is CCC(=O)C(Cc1ccc(O)c(N=Nc2ccc3cc(C(=O)NCCOCCOCCO[C@@H]4OC(CO)[C@H](O)C(O)C4NC(C)=O)ccc3c2)c1)NC(C)(C)C. The van der Waals surface area contributed by atoms with Gasteiger partial charge in [0.15, 0.2) is 6.29 Å². The van der Waals surface area contributed by atoms with Crippen molar-refractivity contribution < 1.29 is 53.8 Å². The van der Waals surface area contributed by atoms with Gasteiger partial charge in [-0.3, -0.25) is 14.4 Å². The number of ether oxygens (including phenoxy) is 4. The van der Waals surface area contributed by atoms with Crippen molar-refractivity contribution in [3.63, 3.8) is 0 Å². The highest BCUT2D eigenvalue weighted by molar-refractivity contribution is 5.99. The van der Waals surface area contributed by atoms with E-state index in [0.717, 1.165) is 16.3 Å². The van der Waals surface area contributed by atoms with Crippen molar-refractivity contribution in [3.8, 4) is 5.75 Å². The van der Waals surface area contributed by atoms with Gasteiger partial charge < -0.3 is 55.3 Å². The summed E-state index contributed by atoms with van der Waals surface area (Å²) in [4.78, 5) is 36.9. The molecule has 1 aliphatic heterocycles. The molecule has 2 amide bonds. The highest BCUT2D eigenvalue weighted by atomic mass is 16.7. The molecule has 3 aromatic carbocycles. The van der Waals surface area contributed by atoms with E-state index in [1.807, 2.05) is 45.9 Å². The number of aromatic hydroxyl groups is 1. The molecule has 3 aromatic rings. The number of Topliss-reactive ketones (excluding diaryl/α,β-unsaturated/α-hetero) is 1. The lowest BCUT2D eigenvalue weighted by Crippen LogP contribution is -2.64. The smallest absolute Gasteiger partial charge is 0.251 e. The zero-order valence-corrected chi connectivity index (χ0v) is 32.6. The molecular weight excluding hydrogens is 726 g/mol. The zero-order valence-electron chi connectivity index (χ0n) is 32.6. The Bertz CT molecular complexity index is 1800. The maximum Gasteiger partial charge on any atom is 0.251 e. The Labute approximate surface area is 326 Å². The second-order valence-corrected chi connectivity index (χ2v) is 14.5. The van der Waals surface area contributed by atoms with E-state index in [9.17, 15) is 34.8 Å². The maximum absolute atomic E-state index is 12.8. The van der Waals surface area contributed by atoms with Gasteiger partial charge in [0.2, 0.25) is 5.91 Å². The Morgan fingerprint density at radius 2 is 1.59 bits per heavy atom. The summed E-state index contributed by atoms with van der Waals surface area (Å²) >= 11 is 0. The van der Waals surface area contributed by atoms with Crippen LogP contribution in [0.25, 0.3) is 10.8 Å². The summed E-state index contributed by atoms with van der Waals surface area (Å²) in [6, 6.07) is 14.4. The largest absolute Gasteiger partial charge is 0.506 e. The molecule has 1 aliphatic rings. The Kier molecular flexibility index (Phi) is 16.8. The van der Waals surface area contributed by atoms with Crippen LogP contribution in [0.15, 0.2) is 64.8 Å². The number of hydrogen-bond donors (Lipinski definition) is 7. The molecule has 16 nitrogen and oxygen atoms in total. The summed E-state index contributed by atoms with van der Waals surface area (Å²) in [5, 5.41) is 59.3. The molecular formula is C40H55N5O11. The first-order valence-corrected chi connectivity index (χ1v) is 18.7. The first-order chi connectivity index (χ1) is 26.7. The second-order valence-electron chi connectivity index (χ2n) is 14.5. The predicted molar refractivity (Wildman–Crippen MR) is 207 cm³/mol. The standard InChI is InChI=1S/C40H55N5O11/c1-6-32(48)30(43-40(3,4)5)19-25-7-12-33(49)31(20-25)45-44-29-11-10-26-21-28(9-8-27(26)22-29)38(52)41-13-14-53-15-16-54-17-18-55-39-35(42-24(2)47)37(51)36(50)34(23-46)56-39/h7-12,20-22,30,34-37,39,43,46,49-51H,6,13-19,23H2,1-5H3,(H,41,52)(H,42,47)/t30?,34?,35?,36-,37?,39+/m0/s1. The minimum atomic E-state index is -1.39. The number of nitrogens with one attached hydrogen (secondary N) is 3. The molecule has 1 saturated heterocycles. The van der Waals surface area contributed by atoms with E-state index in [4.69, 9.17) is 18.9 Å². The van der Waals surface area contributed by atoms with Crippen LogP contribution in [-0.2, 0) is 35.0 Å². The van der Waals surface area contributed by atoms with Gasteiger partial charge in [-0.1, -0.05) is 25.1 Å². The zero-order chi connectivity index (χ0) is 40.8. The van der Waals surface area contributed by atoms with Crippen LogP contribution in [0.3, 0.4) is 0 Å². The fraction of sp³-hybridized carbons (Fsp3) is 0.525. The van der Waals surface area contributed by atoms with E-state index in [-0.39, 0.29) is 68.6 Å². The summed E-state index contributed by atoms with van der Waals surface area (Å²) in [7, 11) is 0. The fourth-order valence-corrected chi connectivity index (χ4v) is 6.07. The van der Waals surface area contributed by atoms with Crippen LogP contribution in [0.2, 0.25) is 0 Å². The van der Waals surface area contributed by atoms with Crippen molar-refractivity contribution in [1.29, 1.82) is 0 Å². The summed E-state index contributed by atoms with van der Waals surface area (Å²) in [5.41, 5.74) is 1.94. The lowest BCUT2D eigenvalue weighted by atomic mass is 9.97. The second kappa shape index (κ2) is 21.2. The summed E-state index contributed by atoms with van der Waals surface area (Å²) in [5.74, 6) is -0.612. The number of aliphatic hydroxyl groups is 3. The van der Waals surface area contributed by atoms with E-state index >= 15 is 0 Å². The number of fused-ring (bicyclic) bond motifs is 1. The highest BCUT2D eigenvalue weighted by Gasteiger charge is 2.45. The Morgan fingerprint density at radius 3 is 2.29 bits per heavy atom. The van der Waals surface area contributed by atoms with Crippen molar-refractivity contribution >= 4 is 39.7 Å². The average Bonchev–Trinajstić information content (AvgIpc) is 3.16. The third-order valence-electron chi connectivity index (χ3n) is 8.85. The first-order valence-electron chi connectivity index (χ1n) is 18.7. The van der Waals surface area contributed by atoms with Gasteiger partial charge >= 0.3 is 0 Å². The topological polar surface area (TPSA) is 230 Å². The van der Waals surface area contributed by atoms with Crippen LogP contribution >= 0.6 is 0 Å². The van der Waals surface area contributed by atoms with Crippen LogP contribution in [0.5, 0.6) is 5.75 Å². The molecule has 6 atom stereocenters. The lowest BCUT2D eigenvalue weighted by Gasteiger charge is -2.42. The number of amides is 2. The van der Waals surface area contributed by atoms with Crippen LogP contribution in [0.1, 0.15) is 57.0 Å². The van der Waals surface area contributed by atoms with Gasteiger partial charge in [-0.25, -0.2) is 0 Å². The van der Waals surface area contributed by atoms with Gasteiger partial charge in [-0.2, -0.15) is 5.11 Å². The number of aliphatic hydroxyl groups excluding tert-OH is 3. The number of phenolic OH excluding ortho intramolecular Hbond substituents is 1. The van der Waals surface area contributed by atoms with Crippen molar-refractivity contribution in [2.75, 3.05) is 46.2 Å². The fourth-order valence-electron chi connectivity index (χ4n) is 6.07. The van der Waals surface area contributed by atoms with E-state index in [1.54, 1.807) is 36.4 Å². The van der Waals surface area contributed by atoms with Crippen LogP contribution < -0.4 is 16.0 Å². The molecule has 0 radical (unpaired) electrons. The summed E-state index contributed by atoms with van der Waals surface area (Å²) in [6.07, 6.45) is -4.08. The Balaban J connectivity index is 1.18. The van der Waals surface area contributed by atoms with E-state index in [2.05, 4.69) is 26.2 Å². The monoisotopic (exact) mass is 781 g/mol. The Morgan fingerprint density at radius 1 is 0.893 bits per heavy atom. The average molecular weight is 782 g/mol. The number of phenols is 1. The summed E-state index contributed by atoms with van der Waals surface area (Å²) in [6.45, 7) is 9.85. The molecule has 56 heavy (non-hydrogen) atoms. The number of benzene rings is 3. The number of ketones is 1. The number of hydrogen-bond acceptors (Lipinski definition) is 14. The van der Waals surface area contributed by atoms with Gasteiger partial charge in [0, 0.05) is 31.0 Å². The van der Waals surface area contributed by atoms with Crippen LogP contribution in [0, 0.1) is 0 Å². The molecule has 1 heterocycles. The molecule has 1 fully saturated rings. The maximum atomic E-state index is 12.8. The number of carbonyl (C=O) groups is 3. The molecule has 7 N–H and O–H groups in total. The van der Waals surface area contributed by atoms with Gasteiger partial charge in [0.1, 0.15) is 41.6 Å². The predicted octanol–water partition coefficient (Wildman–Crippen LogP) is 2.96. The van der Waals surface area contributed by atoms with Gasteiger partial charge in [0.25, 0.3) is 5.91 Å². The summed E-state index contributed by atoms with van der Waals surface area (Å²) < 4.78 is 22.1. The Hall–Kier alpha value is -4.39. The third kappa shape index (κ3) is 13.4. The lowest BCUT2D eigenvalue weighted by molar-refractivity contribution is -0.272. The molecule has 4 unspecified atom stereocenters. The molecule has 306 valence electrons. The molecule has 16 heteroatoms. The quantitative estimate of drug-likeness (QED) is 0.0649. The molecule has 0 aromatic heterocycles. The number of nitrogens with zero attached hydrogens (tertiary/aromatic N) is 2. The van der Waals surface area contributed by atoms with Crippen molar-refractivity contribution in [3.05, 3.63) is 65.7 Å². The van der Waals surface area contributed by atoms with Gasteiger partial charge in [-0.15, -0.1) is 5.11 Å². The van der Waals surface area contributed by atoms with Gasteiger partial charge in [-0.05, 0) is 79.9 Å².